The zero-order chi connectivity index (χ0) is 12.3. The van der Waals surface area contributed by atoms with Crippen molar-refractivity contribution in [2.45, 2.75) is 13.8 Å². The van der Waals surface area contributed by atoms with Crippen molar-refractivity contribution in [3.63, 3.8) is 0 Å². The highest BCUT2D eigenvalue weighted by molar-refractivity contribution is 6.29. The van der Waals surface area contributed by atoms with Gasteiger partial charge in [0.2, 0.25) is 0 Å². The fraction of sp³-hybridized carbons (Fsp3) is 0.333. The number of hydrogen-bond donors (Lipinski definition) is 0. The van der Waals surface area contributed by atoms with Crippen LogP contribution in [0.2, 0.25) is 5.15 Å². The lowest BCUT2D eigenvalue weighted by Gasteiger charge is -2.17. The maximum atomic E-state index is 12.0. The van der Waals surface area contributed by atoms with Gasteiger partial charge in [-0.1, -0.05) is 23.8 Å². The number of rotatable bonds is 3. The molecule has 0 saturated heterocycles. The number of aromatic nitrogens is 1. The Balaban J connectivity index is 2.91. The predicted octanol–water partition coefficient (Wildman–Crippen LogP) is 2.69. The van der Waals surface area contributed by atoms with Crippen LogP contribution in [0.15, 0.2) is 24.3 Å². The molecule has 0 aliphatic rings. The van der Waals surface area contributed by atoms with Crippen LogP contribution in [0.3, 0.4) is 0 Å². The highest BCUT2D eigenvalue weighted by atomic mass is 35.5. The van der Waals surface area contributed by atoms with Crippen molar-refractivity contribution < 1.29 is 4.79 Å². The number of pyridine rings is 1. The van der Waals surface area contributed by atoms with E-state index in [4.69, 9.17) is 11.6 Å². The Kier molecular flexibility index (Phi) is 4.07. The van der Waals surface area contributed by atoms with E-state index in [0.717, 1.165) is 11.3 Å². The SMILES string of the molecule is C=C(C)CN(C)C(=O)c1cc(C)nc(Cl)c1. The number of halogens is 1. The molecule has 0 bridgehead atoms. The second kappa shape index (κ2) is 5.12. The Hall–Kier alpha value is -1.35. The molecule has 1 rings (SSSR count). The minimum Gasteiger partial charge on any atom is -0.338 e. The van der Waals surface area contributed by atoms with Crippen molar-refractivity contribution in [2.75, 3.05) is 13.6 Å². The molecular formula is C12H15ClN2O. The third-order valence-electron chi connectivity index (χ3n) is 2.02. The molecule has 4 heteroatoms. The van der Waals surface area contributed by atoms with E-state index in [1.165, 1.54) is 0 Å². The normalized spacial score (nSPS) is 10.0. The van der Waals surface area contributed by atoms with Gasteiger partial charge in [-0.2, -0.15) is 0 Å². The molecule has 0 aliphatic heterocycles. The van der Waals surface area contributed by atoms with Gasteiger partial charge in [-0.25, -0.2) is 4.98 Å². The van der Waals surface area contributed by atoms with E-state index in [1.807, 2.05) is 6.92 Å². The Morgan fingerprint density at radius 3 is 2.69 bits per heavy atom. The van der Waals surface area contributed by atoms with Gasteiger partial charge in [0.25, 0.3) is 5.91 Å². The highest BCUT2D eigenvalue weighted by Crippen LogP contribution is 2.12. The van der Waals surface area contributed by atoms with E-state index in [-0.39, 0.29) is 5.91 Å². The van der Waals surface area contributed by atoms with Gasteiger partial charge in [0.15, 0.2) is 0 Å². The smallest absolute Gasteiger partial charge is 0.254 e. The van der Waals surface area contributed by atoms with Gasteiger partial charge in [0.05, 0.1) is 0 Å². The van der Waals surface area contributed by atoms with Crippen molar-refractivity contribution in [3.05, 3.63) is 40.7 Å². The second-order valence-electron chi connectivity index (χ2n) is 3.94. The number of aryl methyl sites for hydroxylation is 1. The first-order valence-corrected chi connectivity index (χ1v) is 5.32. The van der Waals surface area contributed by atoms with Crippen LogP contribution in [0, 0.1) is 6.92 Å². The Bertz CT molecular complexity index is 409. The molecule has 0 aliphatic carbocycles. The van der Waals surface area contributed by atoms with Crippen LogP contribution in [-0.4, -0.2) is 29.4 Å². The fourth-order valence-electron chi connectivity index (χ4n) is 1.45. The van der Waals surface area contributed by atoms with Gasteiger partial charge in [-0.15, -0.1) is 0 Å². The summed E-state index contributed by atoms with van der Waals surface area (Å²) in [4.78, 5) is 17.6. The van der Waals surface area contributed by atoms with Crippen molar-refractivity contribution in [1.82, 2.24) is 9.88 Å². The van der Waals surface area contributed by atoms with E-state index >= 15 is 0 Å². The first-order chi connectivity index (χ1) is 7.40. The van der Waals surface area contributed by atoms with E-state index in [2.05, 4.69) is 11.6 Å². The summed E-state index contributed by atoms with van der Waals surface area (Å²) in [5.41, 5.74) is 2.23. The molecule has 1 heterocycles. The van der Waals surface area contributed by atoms with Crippen molar-refractivity contribution in [1.29, 1.82) is 0 Å². The van der Waals surface area contributed by atoms with Crippen LogP contribution in [-0.2, 0) is 0 Å². The quantitative estimate of drug-likeness (QED) is 0.599. The predicted molar refractivity (Wildman–Crippen MR) is 65.8 cm³/mol. The van der Waals surface area contributed by atoms with Crippen LogP contribution in [0.25, 0.3) is 0 Å². The molecule has 0 N–H and O–H groups in total. The first kappa shape index (κ1) is 12.7. The molecule has 0 spiro atoms. The number of amides is 1. The number of hydrogen-bond acceptors (Lipinski definition) is 2. The Morgan fingerprint density at radius 1 is 1.56 bits per heavy atom. The molecule has 1 amide bonds. The molecule has 0 radical (unpaired) electrons. The summed E-state index contributed by atoms with van der Waals surface area (Å²) in [5, 5.41) is 0.340. The molecule has 0 aromatic carbocycles. The van der Waals surface area contributed by atoms with E-state index in [1.54, 1.807) is 31.0 Å². The van der Waals surface area contributed by atoms with Crippen molar-refractivity contribution in [2.24, 2.45) is 0 Å². The zero-order valence-corrected chi connectivity index (χ0v) is 10.5. The fourth-order valence-corrected chi connectivity index (χ4v) is 1.70. The average Bonchev–Trinajstić information content (AvgIpc) is 2.13. The molecule has 0 fully saturated rings. The number of nitrogens with zero attached hydrogens (tertiary/aromatic N) is 2. The summed E-state index contributed by atoms with van der Waals surface area (Å²) >= 11 is 5.81. The summed E-state index contributed by atoms with van der Waals surface area (Å²) in [6.07, 6.45) is 0. The van der Waals surface area contributed by atoms with Gasteiger partial charge < -0.3 is 4.90 Å². The summed E-state index contributed by atoms with van der Waals surface area (Å²) in [5.74, 6) is -0.0737. The zero-order valence-electron chi connectivity index (χ0n) is 9.75. The third-order valence-corrected chi connectivity index (χ3v) is 2.22. The Labute approximate surface area is 101 Å². The molecule has 3 nitrogen and oxygen atoms in total. The molecule has 0 unspecified atom stereocenters. The summed E-state index contributed by atoms with van der Waals surface area (Å²) in [7, 11) is 1.74. The van der Waals surface area contributed by atoms with Crippen molar-refractivity contribution >= 4 is 17.5 Å². The Morgan fingerprint density at radius 2 is 2.19 bits per heavy atom. The topological polar surface area (TPSA) is 33.2 Å². The monoisotopic (exact) mass is 238 g/mol. The van der Waals surface area contributed by atoms with Gasteiger partial charge in [0, 0.05) is 24.8 Å². The molecular weight excluding hydrogens is 224 g/mol. The molecule has 0 saturated carbocycles. The lowest BCUT2D eigenvalue weighted by atomic mass is 10.2. The maximum absolute atomic E-state index is 12.0. The van der Waals surface area contributed by atoms with Gasteiger partial charge in [-0.05, 0) is 26.0 Å². The van der Waals surface area contributed by atoms with E-state index < -0.39 is 0 Å². The minimum absolute atomic E-state index is 0.0737. The molecule has 1 aromatic rings. The van der Waals surface area contributed by atoms with Crippen LogP contribution in [0.1, 0.15) is 23.0 Å². The van der Waals surface area contributed by atoms with Crippen molar-refractivity contribution in [3.8, 4) is 0 Å². The standard InChI is InChI=1S/C12H15ClN2O/c1-8(2)7-15(4)12(16)10-5-9(3)14-11(13)6-10/h5-6H,1,7H2,2-4H3. The second-order valence-corrected chi connectivity index (χ2v) is 4.33. The van der Waals surface area contributed by atoms with Gasteiger partial charge in [0.1, 0.15) is 5.15 Å². The highest BCUT2D eigenvalue weighted by Gasteiger charge is 2.12. The number of likely N-dealkylation sites (N-methyl/N-ethyl adjacent to an activating group) is 1. The van der Waals surface area contributed by atoms with Crippen LogP contribution < -0.4 is 0 Å². The summed E-state index contributed by atoms with van der Waals surface area (Å²) in [6.45, 7) is 8.00. The van der Waals surface area contributed by atoms with Crippen LogP contribution >= 0.6 is 11.6 Å². The summed E-state index contributed by atoms with van der Waals surface area (Å²) < 4.78 is 0. The van der Waals surface area contributed by atoms with Gasteiger partial charge >= 0.3 is 0 Å². The summed E-state index contributed by atoms with van der Waals surface area (Å²) in [6, 6.07) is 3.30. The van der Waals surface area contributed by atoms with E-state index in [0.29, 0.717) is 17.3 Å². The minimum atomic E-state index is -0.0737. The molecule has 86 valence electrons. The number of carbonyl (C=O) groups excluding carboxylic acids is 1. The average molecular weight is 239 g/mol. The lowest BCUT2D eigenvalue weighted by Crippen LogP contribution is -2.28. The lowest BCUT2D eigenvalue weighted by molar-refractivity contribution is 0.0806. The third kappa shape index (κ3) is 3.35. The van der Waals surface area contributed by atoms with Crippen LogP contribution in [0.4, 0.5) is 0 Å². The van der Waals surface area contributed by atoms with E-state index in [9.17, 15) is 4.79 Å². The molecule has 1 aromatic heterocycles. The first-order valence-electron chi connectivity index (χ1n) is 4.94. The molecule has 16 heavy (non-hydrogen) atoms. The van der Waals surface area contributed by atoms with Gasteiger partial charge in [-0.3, -0.25) is 4.79 Å². The van der Waals surface area contributed by atoms with Crippen LogP contribution in [0.5, 0.6) is 0 Å². The number of carbonyl (C=O) groups is 1. The maximum Gasteiger partial charge on any atom is 0.254 e. The largest absolute Gasteiger partial charge is 0.338 e. The molecule has 0 atom stereocenters.